The lowest BCUT2D eigenvalue weighted by Gasteiger charge is -2.04. The molecule has 1 aliphatic heterocycles. The predicted molar refractivity (Wildman–Crippen MR) is 105 cm³/mol. The number of phenols is 1. The molecule has 0 radical (unpaired) electrons. The third-order valence-electron chi connectivity index (χ3n) is 3.46. The molecule has 3 rings (SSSR count). The van der Waals surface area contributed by atoms with Crippen molar-refractivity contribution in [3.8, 4) is 5.75 Å². The molecular weight excluding hydrogens is 429 g/mol. The average Bonchev–Trinajstić information content (AvgIpc) is 3.15. The average molecular weight is 442 g/mol. The molecular formula is C17H13F3N4O3S2. The molecule has 1 aliphatic rings. The van der Waals surface area contributed by atoms with Crippen LogP contribution in [0.3, 0.4) is 0 Å². The second-order valence-electron chi connectivity index (χ2n) is 5.86. The standard InChI is InChI=1S/C17H13F3N4O3S2/c1-8-4-9(25)2-3-11(8)22-16-24-14(27)12(29-16)5-10-7-21-15(28-10)23-13(26)6-17(18,19)20/h2-5,7,25H,6H2,1H3,(H,21,23,26)(H,22,24,27)/b12-5-. The van der Waals surface area contributed by atoms with Gasteiger partial charge < -0.3 is 15.7 Å². The number of aromatic hydroxyl groups is 1. The lowest BCUT2D eigenvalue weighted by Crippen LogP contribution is -2.20. The molecule has 0 unspecified atom stereocenters. The lowest BCUT2D eigenvalue weighted by atomic mass is 10.2. The van der Waals surface area contributed by atoms with Crippen molar-refractivity contribution in [2.24, 2.45) is 4.99 Å². The van der Waals surface area contributed by atoms with Crippen molar-refractivity contribution in [2.45, 2.75) is 19.5 Å². The van der Waals surface area contributed by atoms with Crippen LogP contribution in [0, 0.1) is 6.92 Å². The number of aryl methyl sites for hydroxylation is 1. The molecule has 1 aromatic heterocycles. The number of aromatic nitrogens is 1. The fourth-order valence-corrected chi connectivity index (χ4v) is 3.92. The van der Waals surface area contributed by atoms with Crippen LogP contribution in [0.5, 0.6) is 5.75 Å². The van der Waals surface area contributed by atoms with Crippen molar-refractivity contribution >= 4 is 57.0 Å². The minimum atomic E-state index is -4.60. The van der Waals surface area contributed by atoms with Gasteiger partial charge in [0.1, 0.15) is 12.2 Å². The highest BCUT2D eigenvalue weighted by Crippen LogP contribution is 2.32. The number of carbonyl (C=O) groups excluding carboxylic acids is 2. The number of aliphatic imine (C=N–C) groups is 1. The molecule has 2 amide bonds. The summed E-state index contributed by atoms with van der Waals surface area (Å²) in [5, 5.41) is 14.5. The monoisotopic (exact) mass is 442 g/mol. The Morgan fingerprint density at radius 1 is 1.41 bits per heavy atom. The van der Waals surface area contributed by atoms with Crippen molar-refractivity contribution in [1.29, 1.82) is 0 Å². The van der Waals surface area contributed by atoms with Crippen LogP contribution in [-0.2, 0) is 9.59 Å². The van der Waals surface area contributed by atoms with Gasteiger partial charge >= 0.3 is 6.18 Å². The molecule has 12 heteroatoms. The Hall–Kier alpha value is -2.86. The quantitative estimate of drug-likeness (QED) is 0.623. The first-order valence-corrected chi connectivity index (χ1v) is 9.64. The second kappa shape index (κ2) is 8.25. The van der Waals surface area contributed by atoms with Gasteiger partial charge in [-0.25, -0.2) is 9.98 Å². The summed E-state index contributed by atoms with van der Waals surface area (Å²) in [5.41, 5.74) is 1.31. The van der Waals surface area contributed by atoms with Crippen LogP contribution in [-0.4, -0.2) is 33.2 Å². The van der Waals surface area contributed by atoms with E-state index in [1.807, 2.05) is 0 Å². The van der Waals surface area contributed by atoms with Crippen molar-refractivity contribution in [3.63, 3.8) is 0 Å². The summed E-state index contributed by atoms with van der Waals surface area (Å²) in [7, 11) is 0. The Balaban J connectivity index is 1.70. The van der Waals surface area contributed by atoms with Gasteiger partial charge in [0, 0.05) is 6.20 Å². The van der Waals surface area contributed by atoms with Crippen molar-refractivity contribution in [2.75, 3.05) is 5.32 Å². The molecule has 1 aromatic carbocycles. The highest BCUT2D eigenvalue weighted by atomic mass is 32.2. The molecule has 2 heterocycles. The molecule has 2 aromatic rings. The van der Waals surface area contributed by atoms with Gasteiger partial charge in [0.05, 0.1) is 15.5 Å². The summed E-state index contributed by atoms with van der Waals surface area (Å²) in [6, 6.07) is 4.64. The molecule has 0 atom stereocenters. The number of carbonyl (C=O) groups is 2. The molecule has 29 heavy (non-hydrogen) atoms. The third kappa shape index (κ3) is 5.81. The Labute approximate surface area is 170 Å². The normalized spacial score (nSPS) is 17.0. The number of hydrogen-bond donors (Lipinski definition) is 3. The van der Waals surface area contributed by atoms with Gasteiger partial charge in [-0.05, 0) is 48.5 Å². The van der Waals surface area contributed by atoms with Crippen LogP contribution in [0.15, 0.2) is 34.3 Å². The summed E-state index contributed by atoms with van der Waals surface area (Å²) in [5.74, 6) is -1.49. The summed E-state index contributed by atoms with van der Waals surface area (Å²) in [6.07, 6.45) is -3.36. The number of rotatable bonds is 4. The Morgan fingerprint density at radius 3 is 2.86 bits per heavy atom. The number of amides is 2. The Kier molecular flexibility index (Phi) is 5.94. The fraction of sp³-hybridized carbons (Fsp3) is 0.176. The molecule has 0 saturated carbocycles. The molecule has 1 saturated heterocycles. The molecule has 152 valence electrons. The summed E-state index contributed by atoms with van der Waals surface area (Å²) >= 11 is 2.02. The highest BCUT2D eigenvalue weighted by molar-refractivity contribution is 8.18. The van der Waals surface area contributed by atoms with Crippen LogP contribution in [0.4, 0.5) is 24.0 Å². The number of anilines is 1. The van der Waals surface area contributed by atoms with Crippen LogP contribution >= 0.6 is 23.1 Å². The maximum absolute atomic E-state index is 12.2. The number of alkyl halides is 3. The van der Waals surface area contributed by atoms with E-state index in [2.05, 4.69) is 20.6 Å². The number of nitrogens with one attached hydrogen (secondary N) is 2. The Morgan fingerprint density at radius 2 is 2.17 bits per heavy atom. The van der Waals surface area contributed by atoms with Crippen LogP contribution in [0.2, 0.25) is 0 Å². The van der Waals surface area contributed by atoms with Crippen molar-refractivity contribution in [1.82, 2.24) is 10.3 Å². The van der Waals surface area contributed by atoms with E-state index in [0.29, 0.717) is 20.6 Å². The third-order valence-corrected chi connectivity index (χ3v) is 5.23. The number of halogens is 3. The van der Waals surface area contributed by atoms with E-state index in [1.54, 1.807) is 19.1 Å². The van der Waals surface area contributed by atoms with E-state index in [0.717, 1.165) is 28.7 Å². The summed E-state index contributed by atoms with van der Waals surface area (Å²) in [4.78, 5) is 32.4. The number of thioether (sulfide) groups is 1. The SMILES string of the molecule is Cc1cc(O)ccc1N=C1NC(=O)/C(=C/c2cnc(NC(=O)CC(F)(F)F)s2)S1. The first kappa shape index (κ1) is 20.9. The number of thiazole rings is 1. The van der Waals surface area contributed by atoms with E-state index in [1.165, 1.54) is 18.3 Å². The van der Waals surface area contributed by atoms with Gasteiger partial charge in [-0.2, -0.15) is 13.2 Å². The zero-order valence-corrected chi connectivity index (χ0v) is 16.3. The molecule has 1 fully saturated rings. The largest absolute Gasteiger partial charge is 0.508 e. The highest BCUT2D eigenvalue weighted by Gasteiger charge is 2.31. The van der Waals surface area contributed by atoms with E-state index in [4.69, 9.17) is 0 Å². The van der Waals surface area contributed by atoms with E-state index in [-0.39, 0.29) is 16.8 Å². The van der Waals surface area contributed by atoms with Crippen molar-refractivity contribution in [3.05, 3.63) is 39.7 Å². The summed E-state index contributed by atoms with van der Waals surface area (Å²) < 4.78 is 36.6. The molecule has 3 N–H and O–H groups in total. The number of amidine groups is 1. The molecule has 0 spiro atoms. The Bertz CT molecular complexity index is 1030. The van der Waals surface area contributed by atoms with E-state index >= 15 is 0 Å². The van der Waals surface area contributed by atoms with E-state index < -0.39 is 18.5 Å². The first-order valence-electron chi connectivity index (χ1n) is 8.01. The topological polar surface area (TPSA) is 104 Å². The zero-order chi connectivity index (χ0) is 21.2. The minimum Gasteiger partial charge on any atom is -0.508 e. The maximum Gasteiger partial charge on any atom is 0.397 e. The van der Waals surface area contributed by atoms with Crippen molar-refractivity contribution < 1.29 is 27.9 Å². The van der Waals surface area contributed by atoms with Gasteiger partial charge in [-0.3, -0.25) is 9.59 Å². The molecule has 0 aliphatic carbocycles. The van der Waals surface area contributed by atoms with Crippen LogP contribution in [0.25, 0.3) is 6.08 Å². The number of hydrogen-bond acceptors (Lipinski definition) is 7. The fourth-order valence-electron chi connectivity index (χ4n) is 2.24. The zero-order valence-electron chi connectivity index (χ0n) is 14.7. The lowest BCUT2D eigenvalue weighted by molar-refractivity contribution is -0.150. The van der Waals surface area contributed by atoms with Gasteiger partial charge in [-0.1, -0.05) is 11.3 Å². The maximum atomic E-state index is 12.2. The van der Waals surface area contributed by atoms with Gasteiger partial charge in [0.15, 0.2) is 10.3 Å². The smallest absolute Gasteiger partial charge is 0.397 e. The molecule has 7 nitrogen and oxygen atoms in total. The van der Waals surface area contributed by atoms with Crippen LogP contribution in [0.1, 0.15) is 16.9 Å². The number of benzene rings is 1. The van der Waals surface area contributed by atoms with Crippen LogP contribution < -0.4 is 10.6 Å². The molecule has 0 bridgehead atoms. The number of phenolic OH excluding ortho intramolecular Hbond substituents is 1. The minimum absolute atomic E-state index is 0.00288. The van der Waals surface area contributed by atoms with Gasteiger partial charge in [0.2, 0.25) is 5.91 Å². The second-order valence-corrected chi connectivity index (χ2v) is 7.95. The summed E-state index contributed by atoms with van der Waals surface area (Å²) in [6.45, 7) is 1.77. The van der Waals surface area contributed by atoms with Gasteiger partial charge in [0.25, 0.3) is 5.91 Å². The predicted octanol–water partition coefficient (Wildman–Crippen LogP) is 3.94. The first-order chi connectivity index (χ1) is 13.6. The number of nitrogens with zero attached hydrogens (tertiary/aromatic N) is 2. The van der Waals surface area contributed by atoms with E-state index in [9.17, 15) is 27.9 Å². The van der Waals surface area contributed by atoms with Gasteiger partial charge in [-0.15, -0.1) is 0 Å².